The van der Waals surface area contributed by atoms with Gasteiger partial charge in [0, 0.05) is 91.7 Å². The minimum absolute atomic E-state index is 0.00257. The number of aromatic nitrogens is 2. The molecule has 17 heteroatoms. The Morgan fingerprint density at radius 1 is 0.929 bits per heavy atom. The van der Waals surface area contributed by atoms with Crippen LogP contribution in [0.1, 0.15) is 104 Å². The zero-order valence-corrected chi connectivity index (χ0v) is 40.5. The zero-order chi connectivity index (χ0) is 49.0. The van der Waals surface area contributed by atoms with E-state index in [4.69, 9.17) is 26.8 Å². The first kappa shape index (κ1) is 47.6. The highest BCUT2D eigenvalue weighted by molar-refractivity contribution is 6.34. The summed E-state index contributed by atoms with van der Waals surface area (Å²) < 4.78 is 45.9. The van der Waals surface area contributed by atoms with Crippen molar-refractivity contribution in [2.45, 2.75) is 94.2 Å². The van der Waals surface area contributed by atoms with Crippen molar-refractivity contribution in [1.29, 1.82) is 0 Å². The summed E-state index contributed by atoms with van der Waals surface area (Å²) in [5.74, 6) is -2.10. The number of aryl methyl sites for hydroxylation is 1. The number of likely N-dealkylation sites (tertiary alicyclic amines) is 2. The molecule has 368 valence electrons. The van der Waals surface area contributed by atoms with Gasteiger partial charge in [-0.15, -0.1) is 0 Å². The Hall–Kier alpha value is -6.10. The van der Waals surface area contributed by atoms with Crippen LogP contribution in [0.5, 0.6) is 11.5 Å². The maximum absolute atomic E-state index is 16.2. The third kappa shape index (κ3) is 8.55. The lowest BCUT2D eigenvalue weighted by atomic mass is 9.77. The Kier molecular flexibility index (Phi) is 13.1. The minimum Gasteiger partial charge on any atom is -0.494 e. The first-order chi connectivity index (χ1) is 33.8. The van der Waals surface area contributed by atoms with E-state index in [2.05, 4.69) is 38.8 Å². The topological polar surface area (TPSA) is 164 Å². The quantitative estimate of drug-likeness (QED) is 0.119. The molecule has 5 aromatic rings. The number of fused-ring (bicyclic) bond motifs is 2. The van der Waals surface area contributed by atoms with Gasteiger partial charge in [-0.25, -0.2) is 13.6 Å². The van der Waals surface area contributed by atoms with Gasteiger partial charge in [0.05, 0.1) is 23.2 Å². The lowest BCUT2D eigenvalue weighted by Gasteiger charge is -2.42. The van der Waals surface area contributed by atoms with Crippen LogP contribution >= 0.6 is 11.6 Å². The van der Waals surface area contributed by atoms with Crippen molar-refractivity contribution in [2.24, 2.45) is 18.7 Å². The number of nitrogens with zero attached hydrogens (tertiary/aromatic N) is 5. The molecule has 4 aliphatic heterocycles. The molecule has 2 atom stereocenters. The van der Waals surface area contributed by atoms with E-state index in [-0.39, 0.29) is 63.4 Å². The van der Waals surface area contributed by atoms with Crippen molar-refractivity contribution in [1.82, 2.24) is 30.2 Å². The third-order valence-corrected chi connectivity index (χ3v) is 16.3. The average molecular weight is 978 g/mol. The van der Waals surface area contributed by atoms with Gasteiger partial charge in [-0.3, -0.25) is 29.3 Å². The summed E-state index contributed by atoms with van der Waals surface area (Å²) in [5.41, 5.74) is 7.78. The van der Waals surface area contributed by atoms with Crippen molar-refractivity contribution in [3.8, 4) is 22.6 Å². The van der Waals surface area contributed by atoms with Crippen molar-refractivity contribution in [2.75, 3.05) is 51.3 Å². The Labute approximate surface area is 410 Å². The molecular formula is C53H59ClF2N8O6. The molecule has 0 spiro atoms. The van der Waals surface area contributed by atoms with Gasteiger partial charge in [0.25, 0.3) is 0 Å². The summed E-state index contributed by atoms with van der Waals surface area (Å²) in [5, 5.41) is 11.3. The van der Waals surface area contributed by atoms with Crippen LogP contribution in [0.3, 0.4) is 0 Å². The van der Waals surface area contributed by atoms with Crippen LogP contribution in [0.25, 0.3) is 22.0 Å². The lowest BCUT2D eigenvalue weighted by Crippen LogP contribution is -2.52. The van der Waals surface area contributed by atoms with Crippen LogP contribution in [-0.4, -0.2) is 102 Å². The number of urea groups is 1. The first-order valence-corrected chi connectivity index (χ1v) is 24.9. The highest BCUT2D eigenvalue weighted by Crippen LogP contribution is 2.56. The van der Waals surface area contributed by atoms with E-state index in [1.807, 2.05) is 53.9 Å². The van der Waals surface area contributed by atoms with Gasteiger partial charge in [-0.1, -0.05) is 54.9 Å². The fourth-order valence-corrected chi connectivity index (χ4v) is 12.2. The number of nitrogens with one attached hydrogen (secondary N) is 2. The van der Waals surface area contributed by atoms with Crippen LogP contribution in [0.4, 0.5) is 19.4 Å². The molecule has 0 bridgehead atoms. The summed E-state index contributed by atoms with van der Waals surface area (Å²) in [7, 11) is 3.19. The number of carbonyl (C=O) groups excluding carboxylic acids is 4. The fraction of sp³-hybridized carbons (Fsp3) is 0.453. The molecule has 14 nitrogen and oxygen atoms in total. The van der Waals surface area contributed by atoms with Gasteiger partial charge < -0.3 is 30.3 Å². The number of anilines is 1. The van der Waals surface area contributed by atoms with Crippen LogP contribution in [0, 0.1) is 17.6 Å². The second-order valence-corrected chi connectivity index (χ2v) is 20.1. The molecule has 3 saturated heterocycles. The van der Waals surface area contributed by atoms with Gasteiger partial charge in [0.1, 0.15) is 11.6 Å². The normalized spacial score (nSPS) is 23.6. The molecule has 5 aliphatic rings. The van der Waals surface area contributed by atoms with Crippen molar-refractivity contribution < 1.29 is 37.4 Å². The molecule has 2 unspecified atom stereocenters. The summed E-state index contributed by atoms with van der Waals surface area (Å²) in [6.45, 7) is 5.85. The molecule has 0 radical (unpaired) electrons. The highest BCUT2D eigenvalue weighted by Gasteiger charge is 2.50. The zero-order valence-electron chi connectivity index (χ0n) is 39.7. The number of methoxy groups -OCH3 is 1. The van der Waals surface area contributed by atoms with Crippen LogP contribution in [0.2, 0.25) is 5.02 Å². The number of hydrogen-bond donors (Lipinski definition) is 3. The van der Waals surface area contributed by atoms with Gasteiger partial charge in [-0.2, -0.15) is 5.10 Å². The van der Waals surface area contributed by atoms with E-state index in [9.17, 15) is 19.2 Å². The van der Waals surface area contributed by atoms with E-state index in [1.54, 1.807) is 4.90 Å². The Morgan fingerprint density at radius 2 is 1.66 bits per heavy atom. The molecule has 5 heterocycles. The Bertz CT molecular complexity index is 2860. The summed E-state index contributed by atoms with van der Waals surface area (Å²) in [6, 6.07) is 20.0. The van der Waals surface area contributed by atoms with Crippen molar-refractivity contribution in [3.05, 3.63) is 106 Å². The molecule has 1 aliphatic carbocycles. The van der Waals surface area contributed by atoms with E-state index in [1.165, 1.54) is 30.9 Å². The number of rotatable bonds is 11. The van der Waals surface area contributed by atoms with E-state index >= 15 is 8.78 Å². The van der Waals surface area contributed by atoms with E-state index in [0.29, 0.717) is 49.5 Å². The van der Waals surface area contributed by atoms with E-state index in [0.717, 1.165) is 80.9 Å². The number of carbonyl (C=O) groups is 4. The van der Waals surface area contributed by atoms with Crippen molar-refractivity contribution >= 4 is 52.1 Å². The number of halogens is 3. The molecule has 70 heavy (non-hydrogen) atoms. The van der Waals surface area contributed by atoms with Crippen LogP contribution in [0.15, 0.2) is 66.7 Å². The number of imide groups is 1. The maximum atomic E-state index is 16.2. The number of ether oxygens (including phenoxy) is 2. The van der Waals surface area contributed by atoms with Crippen molar-refractivity contribution in [3.63, 3.8) is 0 Å². The van der Waals surface area contributed by atoms with E-state index < -0.39 is 35.1 Å². The second kappa shape index (κ2) is 19.2. The van der Waals surface area contributed by atoms with Gasteiger partial charge in [0.2, 0.25) is 17.7 Å². The highest BCUT2D eigenvalue weighted by atomic mass is 35.5. The number of piperidine rings is 2. The number of hydrogen-bond acceptors (Lipinski definition) is 9. The van der Waals surface area contributed by atoms with Crippen LogP contribution < -0.4 is 30.7 Å². The summed E-state index contributed by atoms with van der Waals surface area (Å²) in [4.78, 5) is 57.2. The summed E-state index contributed by atoms with van der Waals surface area (Å²) >= 11 is 6.70. The largest absolute Gasteiger partial charge is 0.494 e. The predicted molar refractivity (Wildman–Crippen MR) is 262 cm³/mol. The molecule has 4 aromatic carbocycles. The van der Waals surface area contributed by atoms with Gasteiger partial charge in [0.15, 0.2) is 23.0 Å². The predicted octanol–water partition coefficient (Wildman–Crippen LogP) is 8.14. The second-order valence-electron chi connectivity index (χ2n) is 19.7. The molecular weight excluding hydrogens is 918 g/mol. The number of benzene rings is 4. The Morgan fingerprint density at radius 3 is 2.34 bits per heavy atom. The van der Waals surface area contributed by atoms with Gasteiger partial charge in [-0.05, 0) is 106 Å². The summed E-state index contributed by atoms with van der Waals surface area (Å²) in [6.07, 6.45) is 7.62. The number of amides is 5. The smallest absolute Gasteiger partial charge is 0.329 e. The molecule has 1 saturated carbocycles. The molecule has 4 fully saturated rings. The third-order valence-electron chi connectivity index (χ3n) is 15.9. The van der Waals surface area contributed by atoms with Gasteiger partial charge >= 0.3 is 6.03 Å². The molecule has 10 rings (SSSR count). The monoisotopic (exact) mass is 976 g/mol. The lowest BCUT2D eigenvalue weighted by molar-refractivity contribution is -0.138. The average Bonchev–Trinajstić information content (AvgIpc) is 3.85. The standard InChI is InChI=1S/C53H59ClF2N8O6/c1-30-44-42(28-39(55)47(54)46(44)45-38(49(57)66)15-16-41(69-3)48(45)56)70-53(30,34-7-5-4-6-8-34)29-58-35-19-24-63(25-20-35)51(67)32-9-12-36(13-10-32)62-22-17-31(18-23-62)33-11-14-37-40(27-33)61(2)60-50(37)64-26-21-43(65)59-52(64)68/h4-8,11,14-16,27-28,30-32,35-36,58H,9-10,12-13,17-26,29H2,1-3H3,(H2,57,66)(H,59,65,68). The number of nitrogens with two attached hydrogens (primary N) is 1. The minimum atomic E-state index is -1.07. The molecule has 4 N–H and O–H groups in total. The first-order valence-electron chi connectivity index (χ1n) is 24.5. The molecule has 5 amide bonds. The van der Waals surface area contributed by atoms with Crippen LogP contribution in [-0.2, 0) is 22.2 Å². The SMILES string of the molecule is COc1ccc(C(N)=O)c(-c2c(Cl)c(F)cc3c2C(C)C(CNC2CCN(C(=O)C4CCC(N5CCC(c6ccc7c(N8CCC(=O)NC8=O)nn(C)c7c6)CC5)CC4)CC2)(c2ccccc2)O3)c1F. The molecule has 1 aromatic heterocycles. The Balaban J connectivity index is 0.744. The fourth-order valence-electron chi connectivity index (χ4n) is 12.0. The maximum Gasteiger partial charge on any atom is 0.329 e. The number of primary amides is 1.